The molecule has 0 fully saturated rings. The third-order valence-electron chi connectivity index (χ3n) is 3.10. The van der Waals surface area contributed by atoms with Gasteiger partial charge in [-0.25, -0.2) is 4.39 Å². The largest absolute Gasteiger partial charge is 0.310 e. The van der Waals surface area contributed by atoms with Gasteiger partial charge in [-0.05, 0) is 57.0 Å². The van der Waals surface area contributed by atoms with Gasteiger partial charge < -0.3 is 10.6 Å². The molecule has 17 heavy (non-hydrogen) atoms. The van der Waals surface area contributed by atoms with Gasteiger partial charge in [0.05, 0.1) is 0 Å². The second-order valence-electron chi connectivity index (χ2n) is 5.73. The third-order valence-corrected chi connectivity index (χ3v) is 3.10. The van der Waals surface area contributed by atoms with Gasteiger partial charge in [0, 0.05) is 18.1 Å². The first kappa shape index (κ1) is 12.5. The van der Waals surface area contributed by atoms with Crippen molar-refractivity contribution in [2.45, 2.75) is 38.8 Å². The van der Waals surface area contributed by atoms with Gasteiger partial charge in [0.1, 0.15) is 5.82 Å². The SMILES string of the molecule is CC(C)(C)NCC1NCCc2cc(F)ccc21. The summed E-state index contributed by atoms with van der Waals surface area (Å²) in [5.74, 6) is -0.131. The second kappa shape index (κ2) is 4.75. The molecule has 0 spiro atoms. The molecule has 1 heterocycles. The maximum Gasteiger partial charge on any atom is 0.123 e. The molecule has 0 aromatic heterocycles. The van der Waals surface area contributed by atoms with E-state index in [2.05, 4.69) is 31.4 Å². The van der Waals surface area contributed by atoms with Gasteiger partial charge in [0.15, 0.2) is 0 Å². The van der Waals surface area contributed by atoms with Gasteiger partial charge in [0.2, 0.25) is 0 Å². The molecule has 0 saturated heterocycles. The van der Waals surface area contributed by atoms with E-state index in [0.29, 0.717) is 6.04 Å². The summed E-state index contributed by atoms with van der Waals surface area (Å²) in [6.45, 7) is 8.26. The lowest BCUT2D eigenvalue weighted by molar-refractivity contribution is 0.375. The van der Waals surface area contributed by atoms with Crippen LogP contribution in [0.5, 0.6) is 0 Å². The van der Waals surface area contributed by atoms with Crippen molar-refractivity contribution in [1.29, 1.82) is 0 Å². The van der Waals surface area contributed by atoms with Crippen LogP contribution in [-0.2, 0) is 6.42 Å². The third kappa shape index (κ3) is 3.27. The van der Waals surface area contributed by atoms with Crippen LogP contribution in [0.15, 0.2) is 18.2 Å². The van der Waals surface area contributed by atoms with E-state index >= 15 is 0 Å². The van der Waals surface area contributed by atoms with Crippen LogP contribution >= 0.6 is 0 Å². The molecule has 0 bridgehead atoms. The van der Waals surface area contributed by atoms with E-state index in [4.69, 9.17) is 0 Å². The zero-order valence-corrected chi connectivity index (χ0v) is 10.8. The highest BCUT2D eigenvalue weighted by Gasteiger charge is 2.21. The number of hydrogen-bond donors (Lipinski definition) is 2. The predicted octanol–water partition coefficient (Wildman–Crippen LogP) is 2.40. The minimum Gasteiger partial charge on any atom is -0.310 e. The van der Waals surface area contributed by atoms with E-state index in [1.165, 1.54) is 5.56 Å². The summed E-state index contributed by atoms with van der Waals surface area (Å²) in [6.07, 6.45) is 0.916. The Morgan fingerprint density at radius 2 is 2.18 bits per heavy atom. The Hall–Kier alpha value is -0.930. The highest BCUT2D eigenvalue weighted by molar-refractivity contribution is 5.33. The minimum absolute atomic E-state index is 0.110. The lowest BCUT2D eigenvalue weighted by Gasteiger charge is -2.30. The van der Waals surface area contributed by atoms with Gasteiger partial charge in [-0.2, -0.15) is 0 Å². The van der Waals surface area contributed by atoms with E-state index in [9.17, 15) is 4.39 Å². The molecule has 1 unspecified atom stereocenters. The molecule has 2 N–H and O–H groups in total. The Balaban J connectivity index is 2.12. The van der Waals surface area contributed by atoms with Gasteiger partial charge >= 0.3 is 0 Å². The van der Waals surface area contributed by atoms with Crippen LogP contribution in [0, 0.1) is 5.82 Å². The molecule has 0 saturated carbocycles. The van der Waals surface area contributed by atoms with Crippen LogP contribution in [0.25, 0.3) is 0 Å². The molecule has 0 amide bonds. The molecular formula is C14H21FN2. The van der Waals surface area contributed by atoms with Crippen molar-refractivity contribution in [3.05, 3.63) is 35.1 Å². The van der Waals surface area contributed by atoms with Crippen molar-refractivity contribution in [1.82, 2.24) is 10.6 Å². The summed E-state index contributed by atoms with van der Waals surface area (Å²) >= 11 is 0. The van der Waals surface area contributed by atoms with Crippen molar-refractivity contribution >= 4 is 0 Å². The minimum atomic E-state index is -0.131. The molecule has 0 aliphatic carbocycles. The molecule has 2 rings (SSSR count). The second-order valence-corrected chi connectivity index (χ2v) is 5.73. The summed E-state index contributed by atoms with van der Waals surface area (Å²) in [4.78, 5) is 0. The molecule has 2 nitrogen and oxygen atoms in total. The first-order valence-electron chi connectivity index (χ1n) is 6.22. The Morgan fingerprint density at radius 3 is 2.88 bits per heavy atom. The topological polar surface area (TPSA) is 24.1 Å². The van der Waals surface area contributed by atoms with Gasteiger partial charge in [-0.3, -0.25) is 0 Å². The van der Waals surface area contributed by atoms with Crippen LogP contribution in [0.1, 0.15) is 37.9 Å². The van der Waals surface area contributed by atoms with Crippen LogP contribution < -0.4 is 10.6 Å². The molecule has 1 aliphatic rings. The zero-order valence-electron chi connectivity index (χ0n) is 10.8. The zero-order chi connectivity index (χ0) is 12.5. The van der Waals surface area contributed by atoms with Crippen molar-refractivity contribution < 1.29 is 4.39 Å². The van der Waals surface area contributed by atoms with Crippen LogP contribution in [0.4, 0.5) is 4.39 Å². The van der Waals surface area contributed by atoms with Crippen molar-refractivity contribution in [2.75, 3.05) is 13.1 Å². The monoisotopic (exact) mass is 236 g/mol. The molecule has 0 radical (unpaired) electrons. The smallest absolute Gasteiger partial charge is 0.123 e. The van der Waals surface area contributed by atoms with Gasteiger partial charge in [0.25, 0.3) is 0 Å². The molecule has 1 aromatic carbocycles. The number of benzene rings is 1. The molecule has 94 valence electrons. The van der Waals surface area contributed by atoms with Crippen molar-refractivity contribution in [3.63, 3.8) is 0 Å². The van der Waals surface area contributed by atoms with E-state index < -0.39 is 0 Å². The number of nitrogens with one attached hydrogen (secondary N) is 2. The highest BCUT2D eigenvalue weighted by Crippen LogP contribution is 2.23. The first-order valence-corrected chi connectivity index (χ1v) is 6.22. The summed E-state index contributed by atoms with van der Waals surface area (Å²) in [5, 5.41) is 6.97. The summed E-state index contributed by atoms with van der Waals surface area (Å²) in [7, 11) is 0. The van der Waals surface area contributed by atoms with E-state index in [1.807, 2.05) is 6.07 Å². The number of fused-ring (bicyclic) bond motifs is 1. The Labute approximate surface area is 103 Å². The maximum atomic E-state index is 13.2. The van der Waals surface area contributed by atoms with E-state index in [-0.39, 0.29) is 11.4 Å². The van der Waals surface area contributed by atoms with E-state index in [1.54, 1.807) is 12.1 Å². The fraction of sp³-hybridized carbons (Fsp3) is 0.571. The van der Waals surface area contributed by atoms with Crippen molar-refractivity contribution in [3.8, 4) is 0 Å². The summed E-state index contributed by atoms with van der Waals surface area (Å²) in [6, 6.07) is 5.42. The summed E-state index contributed by atoms with van der Waals surface area (Å²) < 4.78 is 13.2. The van der Waals surface area contributed by atoms with Gasteiger partial charge in [-0.1, -0.05) is 6.07 Å². The van der Waals surface area contributed by atoms with Crippen LogP contribution in [0.3, 0.4) is 0 Å². The highest BCUT2D eigenvalue weighted by atomic mass is 19.1. The normalized spacial score (nSPS) is 20.1. The van der Waals surface area contributed by atoms with Gasteiger partial charge in [-0.15, -0.1) is 0 Å². The molecule has 1 aromatic rings. The fourth-order valence-corrected chi connectivity index (χ4v) is 2.21. The Morgan fingerprint density at radius 1 is 1.41 bits per heavy atom. The molecule has 1 aliphatic heterocycles. The summed E-state index contributed by atoms with van der Waals surface area (Å²) in [5.41, 5.74) is 2.48. The Bertz CT molecular complexity index is 396. The fourth-order valence-electron chi connectivity index (χ4n) is 2.21. The molecule has 3 heteroatoms. The lowest BCUT2D eigenvalue weighted by atomic mass is 9.93. The number of hydrogen-bond acceptors (Lipinski definition) is 2. The Kier molecular flexibility index (Phi) is 3.50. The standard InChI is InChI=1S/C14H21FN2/c1-14(2,3)17-9-13-12-5-4-11(15)8-10(12)6-7-16-13/h4-5,8,13,16-17H,6-7,9H2,1-3H3. The average Bonchev–Trinajstić information content (AvgIpc) is 2.24. The van der Waals surface area contributed by atoms with Crippen LogP contribution in [-0.4, -0.2) is 18.6 Å². The van der Waals surface area contributed by atoms with E-state index in [0.717, 1.165) is 25.1 Å². The average molecular weight is 236 g/mol. The molecular weight excluding hydrogens is 215 g/mol. The number of rotatable bonds is 2. The van der Waals surface area contributed by atoms with Crippen LogP contribution in [0.2, 0.25) is 0 Å². The molecule has 1 atom stereocenters. The first-order chi connectivity index (χ1) is 7.96. The lowest BCUT2D eigenvalue weighted by Crippen LogP contribution is -2.43. The predicted molar refractivity (Wildman–Crippen MR) is 68.6 cm³/mol. The number of halogens is 1. The maximum absolute atomic E-state index is 13.2. The van der Waals surface area contributed by atoms with Crippen molar-refractivity contribution in [2.24, 2.45) is 0 Å². The quantitative estimate of drug-likeness (QED) is 0.824.